The van der Waals surface area contributed by atoms with Gasteiger partial charge in [0.05, 0.1) is 18.6 Å². The Morgan fingerprint density at radius 1 is 1.10 bits per heavy atom. The van der Waals surface area contributed by atoms with Crippen LogP contribution in [0.3, 0.4) is 0 Å². The van der Waals surface area contributed by atoms with Gasteiger partial charge in [0.15, 0.2) is 11.0 Å². The maximum atomic E-state index is 12.4. The van der Waals surface area contributed by atoms with E-state index in [1.807, 2.05) is 66.1 Å². The summed E-state index contributed by atoms with van der Waals surface area (Å²) in [5, 5.41) is 12.1. The summed E-state index contributed by atoms with van der Waals surface area (Å²) in [4.78, 5) is 16.7. The molecule has 1 amide bonds. The second kappa shape index (κ2) is 8.74. The number of anilines is 1. The lowest BCUT2D eigenvalue weighted by atomic mass is 10.2. The van der Waals surface area contributed by atoms with E-state index >= 15 is 0 Å². The lowest BCUT2D eigenvalue weighted by Gasteiger charge is -2.09. The van der Waals surface area contributed by atoms with Crippen molar-refractivity contribution in [1.29, 1.82) is 0 Å². The number of nitrogens with one attached hydrogen (secondary N) is 1. The van der Waals surface area contributed by atoms with Crippen molar-refractivity contribution in [3.8, 4) is 11.5 Å². The zero-order valence-corrected chi connectivity index (χ0v) is 16.6. The Balaban J connectivity index is 1.51. The molecule has 4 rings (SSSR count). The van der Waals surface area contributed by atoms with Crippen molar-refractivity contribution < 1.29 is 9.21 Å². The molecule has 3 aromatic heterocycles. The number of aryl methyl sites for hydroxylation is 1. The van der Waals surface area contributed by atoms with Gasteiger partial charge in [-0.25, -0.2) is 0 Å². The van der Waals surface area contributed by atoms with Gasteiger partial charge in [-0.15, -0.1) is 10.2 Å². The van der Waals surface area contributed by atoms with Crippen molar-refractivity contribution in [2.45, 2.75) is 18.6 Å². The molecule has 8 heteroatoms. The van der Waals surface area contributed by atoms with E-state index < -0.39 is 0 Å². The summed E-state index contributed by atoms with van der Waals surface area (Å²) in [5.74, 6) is 1.51. The van der Waals surface area contributed by atoms with Crippen LogP contribution in [-0.4, -0.2) is 31.4 Å². The van der Waals surface area contributed by atoms with Crippen LogP contribution >= 0.6 is 11.8 Å². The molecular weight excluding hydrogens is 386 g/mol. The van der Waals surface area contributed by atoms with Gasteiger partial charge in [0.2, 0.25) is 5.91 Å². The van der Waals surface area contributed by atoms with Gasteiger partial charge < -0.3 is 9.73 Å². The summed E-state index contributed by atoms with van der Waals surface area (Å²) in [6.45, 7) is 2.46. The summed E-state index contributed by atoms with van der Waals surface area (Å²) in [7, 11) is 0. The summed E-state index contributed by atoms with van der Waals surface area (Å²) in [5.41, 5.74) is 2.63. The second-order valence-electron chi connectivity index (χ2n) is 6.39. The number of carbonyl (C=O) groups is 1. The summed E-state index contributed by atoms with van der Waals surface area (Å²) in [6.07, 6.45) is 3.34. The molecule has 0 saturated heterocycles. The van der Waals surface area contributed by atoms with Gasteiger partial charge in [-0.05, 0) is 43.3 Å². The highest BCUT2D eigenvalue weighted by Crippen LogP contribution is 2.24. The number of pyridine rings is 1. The van der Waals surface area contributed by atoms with E-state index in [-0.39, 0.29) is 11.7 Å². The molecule has 0 aliphatic carbocycles. The van der Waals surface area contributed by atoms with Gasteiger partial charge in [-0.3, -0.25) is 14.3 Å². The number of aromatic nitrogens is 4. The molecule has 0 atom stereocenters. The van der Waals surface area contributed by atoms with Crippen molar-refractivity contribution in [3.05, 3.63) is 78.4 Å². The highest BCUT2D eigenvalue weighted by Gasteiger charge is 2.17. The first-order valence-corrected chi connectivity index (χ1v) is 10.0. The normalized spacial score (nSPS) is 10.8. The highest BCUT2D eigenvalue weighted by atomic mass is 32.2. The lowest BCUT2D eigenvalue weighted by Crippen LogP contribution is -2.14. The number of nitrogens with zero attached hydrogens (tertiary/aromatic N) is 4. The molecule has 0 fully saturated rings. The van der Waals surface area contributed by atoms with Crippen LogP contribution in [0.5, 0.6) is 0 Å². The van der Waals surface area contributed by atoms with E-state index in [0.717, 1.165) is 17.0 Å². The Hall–Kier alpha value is -3.39. The number of hydrogen-bond donors (Lipinski definition) is 1. The van der Waals surface area contributed by atoms with Gasteiger partial charge in [-0.1, -0.05) is 35.5 Å². The van der Waals surface area contributed by atoms with Gasteiger partial charge >= 0.3 is 0 Å². The molecule has 29 heavy (non-hydrogen) atoms. The highest BCUT2D eigenvalue weighted by molar-refractivity contribution is 7.99. The largest absolute Gasteiger partial charge is 0.467 e. The zero-order chi connectivity index (χ0) is 20.1. The Bertz CT molecular complexity index is 1080. The van der Waals surface area contributed by atoms with Crippen LogP contribution in [0.1, 0.15) is 11.3 Å². The minimum atomic E-state index is -0.106. The quantitative estimate of drug-likeness (QED) is 0.468. The fourth-order valence-electron chi connectivity index (χ4n) is 2.74. The van der Waals surface area contributed by atoms with Crippen LogP contribution < -0.4 is 5.32 Å². The first kappa shape index (κ1) is 18.9. The Morgan fingerprint density at radius 3 is 2.69 bits per heavy atom. The van der Waals surface area contributed by atoms with Crippen LogP contribution in [0.15, 0.2) is 76.6 Å². The second-order valence-corrected chi connectivity index (χ2v) is 7.33. The van der Waals surface area contributed by atoms with E-state index in [2.05, 4.69) is 20.5 Å². The summed E-state index contributed by atoms with van der Waals surface area (Å²) >= 11 is 1.32. The van der Waals surface area contributed by atoms with E-state index in [1.165, 1.54) is 11.8 Å². The maximum absolute atomic E-state index is 12.4. The molecule has 3 heterocycles. The van der Waals surface area contributed by atoms with Crippen LogP contribution in [0.2, 0.25) is 0 Å². The standard InChI is InChI=1S/C21H19N5O2S/c1-15-7-9-16(10-8-15)23-19(27)14-29-21-25-24-20(18-6-2-3-11-22-18)26(21)13-17-5-4-12-28-17/h2-12H,13-14H2,1H3,(H,23,27). The number of benzene rings is 1. The average molecular weight is 405 g/mol. The topological polar surface area (TPSA) is 85.8 Å². The number of furan rings is 1. The third-order valence-corrected chi connectivity index (χ3v) is 5.14. The van der Waals surface area contributed by atoms with Crippen LogP contribution in [-0.2, 0) is 11.3 Å². The first-order chi connectivity index (χ1) is 14.2. The van der Waals surface area contributed by atoms with Crippen molar-refractivity contribution in [3.63, 3.8) is 0 Å². The molecule has 4 aromatic rings. The number of thioether (sulfide) groups is 1. The molecule has 7 nitrogen and oxygen atoms in total. The Labute approximate surface area is 172 Å². The van der Waals surface area contributed by atoms with Gasteiger partial charge in [0.25, 0.3) is 0 Å². The number of carbonyl (C=O) groups excluding carboxylic acids is 1. The molecule has 1 N–H and O–H groups in total. The van der Waals surface area contributed by atoms with Gasteiger partial charge in [0, 0.05) is 11.9 Å². The molecule has 1 aromatic carbocycles. The molecule has 0 unspecified atom stereocenters. The lowest BCUT2D eigenvalue weighted by molar-refractivity contribution is -0.113. The minimum Gasteiger partial charge on any atom is -0.467 e. The van der Waals surface area contributed by atoms with Crippen LogP contribution in [0.25, 0.3) is 11.5 Å². The molecule has 0 aliphatic heterocycles. The molecule has 0 aliphatic rings. The molecule has 0 radical (unpaired) electrons. The summed E-state index contributed by atoms with van der Waals surface area (Å²) in [6, 6.07) is 17.0. The third kappa shape index (κ3) is 4.72. The molecule has 0 saturated carbocycles. The smallest absolute Gasteiger partial charge is 0.234 e. The Morgan fingerprint density at radius 2 is 1.97 bits per heavy atom. The van der Waals surface area contributed by atoms with E-state index in [0.29, 0.717) is 23.2 Å². The third-order valence-electron chi connectivity index (χ3n) is 4.17. The predicted molar refractivity (Wildman–Crippen MR) is 112 cm³/mol. The zero-order valence-electron chi connectivity index (χ0n) is 15.8. The minimum absolute atomic E-state index is 0.106. The first-order valence-electron chi connectivity index (χ1n) is 9.05. The van der Waals surface area contributed by atoms with Gasteiger partial charge in [-0.2, -0.15) is 0 Å². The van der Waals surface area contributed by atoms with Crippen LogP contribution in [0, 0.1) is 6.92 Å². The monoisotopic (exact) mass is 405 g/mol. The molecule has 0 spiro atoms. The van der Waals surface area contributed by atoms with E-state index in [1.54, 1.807) is 12.5 Å². The van der Waals surface area contributed by atoms with Gasteiger partial charge in [0.1, 0.15) is 11.5 Å². The number of amides is 1. The number of rotatable bonds is 7. The fraction of sp³-hybridized carbons (Fsp3) is 0.143. The summed E-state index contributed by atoms with van der Waals surface area (Å²) < 4.78 is 7.39. The van der Waals surface area contributed by atoms with Crippen molar-refractivity contribution in [1.82, 2.24) is 19.7 Å². The molecule has 146 valence electrons. The fourth-order valence-corrected chi connectivity index (χ4v) is 3.48. The maximum Gasteiger partial charge on any atom is 0.234 e. The SMILES string of the molecule is Cc1ccc(NC(=O)CSc2nnc(-c3ccccn3)n2Cc2ccco2)cc1. The van der Waals surface area contributed by atoms with Crippen molar-refractivity contribution >= 4 is 23.4 Å². The number of hydrogen-bond acceptors (Lipinski definition) is 6. The average Bonchev–Trinajstić information content (AvgIpc) is 3.39. The van der Waals surface area contributed by atoms with E-state index in [4.69, 9.17) is 4.42 Å². The Kier molecular flexibility index (Phi) is 5.71. The van der Waals surface area contributed by atoms with Crippen molar-refractivity contribution in [2.75, 3.05) is 11.1 Å². The van der Waals surface area contributed by atoms with E-state index in [9.17, 15) is 4.79 Å². The van der Waals surface area contributed by atoms with Crippen LogP contribution in [0.4, 0.5) is 5.69 Å². The van der Waals surface area contributed by atoms with Crippen molar-refractivity contribution in [2.24, 2.45) is 0 Å². The molecular formula is C21H19N5O2S. The predicted octanol–water partition coefficient (Wildman–Crippen LogP) is 4.02. The molecule has 0 bridgehead atoms.